The molecule has 0 aliphatic carbocycles. The van der Waals surface area contributed by atoms with Crippen molar-refractivity contribution in [3.8, 4) is 0 Å². The highest BCUT2D eigenvalue weighted by Gasteiger charge is 2.24. The maximum Gasteiger partial charge on any atom is 0.313 e. The van der Waals surface area contributed by atoms with E-state index in [1.54, 1.807) is 0 Å². The molecule has 0 N–H and O–H groups in total. The van der Waals surface area contributed by atoms with Crippen molar-refractivity contribution in [2.45, 2.75) is 40.2 Å². The third-order valence-corrected chi connectivity index (χ3v) is 3.69. The minimum absolute atomic E-state index is 0.192. The molecule has 0 radical (unpaired) electrons. The fourth-order valence-electron chi connectivity index (χ4n) is 2.63. The molecule has 0 amide bonds. The van der Waals surface area contributed by atoms with Crippen molar-refractivity contribution in [2.24, 2.45) is 0 Å². The van der Waals surface area contributed by atoms with Gasteiger partial charge >= 0.3 is 5.97 Å². The molecular formula is C17H22N2O2. The maximum atomic E-state index is 12.0. The Balaban J connectivity index is 2.27. The van der Waals surface area contributed by atoms with Crippen LogP contribution in [0.4, 0.5) is 0 Å². The Morgan fingerprint density at radius 3 is 2.57 bits per heavy atom. The van der Waals surface area contributed by atoms with E-state index in [1.165, 1.54) is 5.56 Å². The van der Waals surface area contributed by atoms with E-state index < -0.39 is 0 Å². The Labute approximate surface area is 125 Å². The highest BCUT2D eigenvalue weighted by molar-refractivity contribution is 5.78. The molecule has 21 heavy (non-hydrogen) atoms. The number of carbonyl (C=O) groups is 1. The summed E-state index contributed by atoms with van der Waals surface area (Å²) in [6, 6.07) is 10.2. The molecule has 112 valence electrons. The molecule has 0 aliphatic rings. The summed E-state index contributed by atoms with van der Waals surface area (Å²) in [4.78, 5) is 12.0. The molecule has 0 aliphatic heterocycles. The van der Waals surface area contributed by atoms with E-state index in [2.05, 4.69) is 17.2 Å². The van der Waals surface area contributed by atoms with Gasteiger partial charge in [0.05, 0.1) is 24.8 Å². The van der Waals surface area contributed by atoms with Gasteiger partial charge in [-0.05, 0) is 33.3 Å². The summed E-state index contributed by atoms with van der Waals surface area (Å²) < 4.78 is 7.07. The number of ether oxygens (including phenoxy) is 1. The molecule has 0 saturated heterocycles. The molecular weight excluding hydrogens is 264 g/mol. The quantitative estimate of drug-likeness (QED) is 0.793. The number of esters is 1. The Morgan fingerprint density at radius 1 is 1.29 bits per heavy atom. The Bertz CT molecular complexity index is 617. The third-order valence-electron chi connectivity index (χ3n) is 3.69. The van der Waals surface area contributed by atoms with Crippen LogP contribution in [-0.4, -0.2) is 22.4 Å². The van der Waals surface area contributed by atoms with Gasteiger partial charge < -0.3 is 4.74 Å². The predicted octanol–water partition coefficient (Wildman–Crippen LogP) is 3.21. The first-order valence-electron chi connectivity index (χ1n) is 7.29. The average molecular weight is 286 g/mol. The van der Waals surface area contributed by atoms with Gasteiger partial charge in [-0.1, -0.05) is 30.3 Å². The molecule has 2 rings (SSSR count). The normalized spacial score (nSPS) is 12.2. The molecule has 4 heteroatoms. The number of nitrogens with zero attached hydrogens (tertiary/aromatic N) is 2. The van der Waals surface area contributed by atoms with Gasteiger partial charge in [0.15, 0.2) is 0 Å². The fraction of sp³-hybridized carbons (Fsp3) is 0.412. The van der Waals surface area contributed by atoms with Gasteiger partial charge in [0.1, 0.15) is 0 Å². The maximum absolute atomic E-state index is 12.0. The lowest BCUT2D eigenvalue weighted by molar-refractivity contribution is -0.144. The first-order chi connectivity index (χ1) is 10.0. The van der Waals surface area contributed by atoms with Gasteiger partial charge in [0.2, 0.25) is 0 Å². The lowest BCUT2D eigenvalue weighted by atomic mass is 9.99. The molecule has 4 nitrogen and oxygen atoms in total. The second-order valence-corrected chi connectivity index (χ2v) is 5.20. The zero-order chi connectivity index (χ0) is 15.4. The van der Waals surface area contributed by atoms with Crippen molar-refractivity contribution in [3.63, 3.8) is 0 Å². The molecule has 0 saturated carbocycles. The Hall–Kier alpha value is -2.10. The summed E-state index contributed by atoms with van der Waals surface area (Å²) >= 11 is 0. The van der Waals surface area contributed by atoms with Crippen molar-refractivity contribution < 1.29 is 9.53 Å². The standard InChI is InChI=1S/C17H22N2O2/c1-5-21-17(20)12(2)16-13(3)18-19(14(16)4)11-15-9-7-6-8-10-15/h6-10,12H,5,11H2,1-4H3. The SMILES string of the molecule is CCOC(=O)C(C)c1c(C)nn(Cc2ccccc2)c1C. The van der Waals surface area contributed by atoms with Crippen LogP contribution in [0.15, 0.2) is 30.3 Å². The topological polar surface area (TPSA) is 44.1 Å². The number of rotatable bonds is 5. The molecule has 1 unspecified atom stereocenters. The highest BCUT2D eigenvalue weighted by atomic mass is 16.5. The number of carbonyl (C=O) groups excluding carboxylic acids is 1. The highest BCUT2D eigenvalue weighted by Crippen LogP contribution is 2.25. The minimum Gasteiger partial charge on any atom is -0.466 e. The summed E-state index contributed by atoms with van der Waals surface area (Å²) in [5.74, 6) is -0.475. The van der Waals surface area contributed by atoms with Crippen LogP contribution in [0.25, 0.3) is 0 Å². The van der Waals surface area contributed by atoms with Crippen LogP contribution in [0.2, 0.25) is 0 Å². The molecule has 1 aromatic carbocycles. The number of aryl methyl sites for hydroxylation is 1. The fourth-order valence-corrected chi connectivity index (χ4v) is 2.63. The van der Waals surface area contributed by atoms with Crippen LogP contribution in [0.5, 0.6) is 0 Å². The van der Waals surface area contributed by atoms with E-state index in [1.807, 2.05) is 50.6 Å². The average Bonchev–Trinajstić information content (AvgIpc) is 2.74. The lowest BCUT2D eigenvalue weighted by Gasteiger charge is -2.11. The van der Waals surface area contributed by atoms with Crippen LogP contribution in [-0.2, 0) is 16.1 Å². The first-order valence-corrected chi connectivity index (χ1v) is 7.29. The van der Waals surface area contributed by atoms with Gasteiger partial charge in [0, 0.05) is 11.3 Å². The largest absolute Gasteiger partial charge is 0.466 e. The van der Waals surface area contributed by atoms with Crippen LogP contribution in [0.1, 0.15) is 42.3 Å². The second-order valence-electron chi connectivity index (χ2n) is 5.20. The molecule has 0 spiro atoms. The van der Waals surface area contributed by atoms with Crippen LogP contribution < -0.4 is 0 Å². The number of hydrogen-bond acceptors (Lipinski definition) is 3. The van der Waals surface area contributed by atoms with Crippen molar-refractivity contribution in [1.82, 2.24) is 9.78 Å². The van der Waals surface area contributed by atoms with Crippen molar-refractivity contribution in [2.75, 3.05) is 6.61 Å². The third kappa shape index (κ3) is 3.32. The summed E-state index contributed by atoms with van der Waals surface area (Å²) in [7, 11) is 0. The monoisotopic (exact) mass is 286 g/mol. The van der Waals surface area contributed by atoms with E-state index >= 15 is 0 Å². The van der Waals surface area contributed by atoms with E-state index in [0.29, 0.717) is 13.2 Å². The molecule has 1 aromatic heterocycles. The van der Waals surface area contributed by atoms with E-state index in [0.717, 1.165) is 17.0 Å². The van der Waals surface area contributed by atoms with Crippen molar-refractivity contribution >= 4 is 5.97 Å². The van der Waals surface area contributed by atoms with Crippen LogP contribution >= 0.6 is 0 Å². The molecule has 0 fully saturated rings. The Kier molecular flexibility index (Phi) is 4.78. The second kappa shape index (κ2) is 6.57. The number of benzene rings is 1. The van der Waals surface area contributed by atoms with Crippen LogP contribution in [0, 0.1) is 13.8 Å². The molecule has 1 heterocycles. The summed E-state index contributed by atoms with van der Waals surface area (Å²) in [5, 5.41) is 4.58. The van der Waals surface area contributed by atoms with Gasteiger partial charge in [-0.25, -0.2) is 0 Å². The van der Waals surface area contributed by atoms with Gasteiger partial charge in [-0.3, -0.25) is 9.48 Å². The summed E-state index contributed by atoms with van der Waals surface area (Å²) in [6.07, 6.45) is 0. The van der Waals surface area contributed by atoms with Crippen molar-refractivity contribution in [3.05, 3.63) is 52.8 Å². The first kappa shape index (κ1) is 15.3. The van der Waals surface area contributed by atoms with E-state index in [4.69, 9.17) is 4.74 Å². The van der Waals surface area contributed by atoms with Gasteiger partial charge in [-0.2, -0.15) is 5.10 Å². The molecule has 1 atom stereocenters. The lowest BCUT2D eigenvalue weighted by Crippen LogP contribution is -2.14. The summed E-state index contributed by atoms with van der Waals surface area (Å²) in [6.45, 7) is 8.76. The predicted molar refractivity (Wildman–Crippen MR) is 82.3 cm³/mol. The minimum atomic E-state index is -0.283. The van der Waals surface area contributed by atoms with Crippen molar-refractivity contribution in [1.29, 1.82) is 0 Å². The van der Waals surface area contributed by atoms with Gasteiger partial charge in [-0.15, -0.1) is 0 Å². The summed E-state index contributed by atoms with van der Waals surface area (Å²) in [5.41, 5.74) is 4.09. The van der Waals surface area contributed by atoms with E-state index in [-0.39, 0.29) is 11.9 Å². The van der Waals surface area contributed by atoms with Gasteiger partial charge in [0.25, 0.3) is 0 Å². The number of aromatic nitrogens is 2. The zero-order valence-electron chi connectivity index (χ0n) is 13.1. The number of hydrogen-bond donors (Lipinski definition) is 0. The van der Waals surface area contributed by atoms with Crippen LogP contribution in [0.3, 0.4) is 0 Å². The Morgan fingerprint density at radius 2 is 1.95 bits per heavy atom. The zero-order valence-corrected chi connectivity index (χ0v) is 13.1. The smallest absolute Gasteiger partial charge is 0.313 e. The van der Waals surface area contributed by atoms with E-state index in [9.17, 15) is 4.79 Å². The molecule has 2 aromatic rings. The molecule has 0 bridgehead atoms.